The van der Waals surface area contributed by atoms with Crippen LogP contribution in [0.3, 0.4) is 0 Å². The van der Waals surface area contributed by atoms with E-state index in [-0.39, 0.29) is 24.5 Å². The second-order valence-corrected chi connectivity index (χ2v) is 11.7. The number of rotatable bonds is 11. The first-order chi connectivity index (χ1) is 21.2. The van der Waals surface area contributed by atoms with Gasteiger partial charge in [0.25, 0.3) is 0 Å². The predicted molar refractivity (Wildman–Crippen MR) is 173 cm³/mol. The van der Waals surface area contributed by atoms with Gasteiger partial charge in [0.05, 0.1) is 43.0 Å². The molecule has 44 heavy (non-hydrogen) atoms. The van der Waals surface area contributed by atoms with E-state index in [2.05, 4.69) is 5.32 Å². The Hall–Kier alpha value is -4.50. The Balaban J connectivity index is 1.45. The van der Waals surface area contributed by atoms with Gasteiger partial charge in [-0.2, -0.15) is 0 Å². The summed E-state index contributed by atoms with van der Waals surface area (Å²) < 4.78 is 17.5. The fourth-order valence-electron chi connectivity index (χ4n) is 5.21. The third kappa shape index (κ3) is 7.00. The van der Waals surface area contributed by atoms with Crippen LogP contribution in [-0.2, 0) is 20.9 Å². The van der Waals surface area contributed by atoms with Gasteiger partial charge < -0.3 is 24.4 Å². The average Bonchev–Trinajstić information content (AvgIpc) is 3.41. The van der Waals surface area contributed by atoms with Crippen molar-refractivity contribution < 1.29 is 23.8 Å². The molecule has 9 heteroatoms. The molecule has 0 saturated carbocycles. The second-order valence-electron chi connectivity index (χ2n) is 10.9. The number of fused-ring (bicyclic) bond motifs is 1. The first-order valence-electron chi connectivity index (χ1n) is 14.6. The standard InChI is InChI=1S/C35H37N3O5S/c1-22(2)43-34(40)32-24(4)37-35-38(28(21-44-35)19-31(39)36-23(3)26-14-10-7-11-15-26)33(32)27-16-17-29(30(18-27)41-5)42-20-25-12-8-6-9-13-25/h6-18,21-23,33H,19-20H2,1-5H3,(H,36,39). The minimum atomic E-state index is -0.591. The summed E-state index contributed by atoms with van der Waals surface area (Å²) in [5.41, 5.74) is 4.55. The van der Waals surface area contributed by atoms with Crippen molar-refractivity contribution in [1.29, 1.82) is 0 Å². The summed E-state index contributed by atoms with van der Waals surface area (Å²) in [5.74, 6) is 0.529. The zero-order valence-electron chi connectivity index (χ0n) is 25.6. The molecule has 0 saturated heterocycles. The molecule has 3 aromatic carbocycles. The van der Waals surface area contributed by atoms with Crippen LogP contribution in [0.4, 0.5) is 0 Å². The number of hydrogen-bond acceptors (Lipinski definition) is 8. The molecule has 1 N–H and O–H groups in total. The molecule has 2 aliphatic heterocycles. The van der Waals surface area contributed by atoms with Crippen molar-refractivity contribution in [2.75, 3.05) is 7.11 Å². The maximum absolute atomic E-state index is 13.6. The molecule has 2 atom stereocenters. The summed E-state index contributed by atoms with van der Waals surface area (Å²) in [7, 11) is 1.59. The number of nitrogens with one attached hydrogen (secondary N) is 1. The maximum atomic E-state index is 13.6. The Morgan fingerprint density at radius 3 is 2.36 bits per heavy atom. The lowest BCUT2D eigenvalue weighted by atomic mass is 9.93. The highest BCUT2D eigenvalue weighted by molar-refractivity contribution is 8.16. The van der Waals surface area contributed by atoms with Gasteiger partial charge in [-0.3, -0.25) is 4.79 Å². The molecule has 8 nitrogen and oxygen atoms in total. The van der Waals surface area contributed by atoms with E-state index >= 15 is 0 Å². The molecule has 0 aromatic heterocycles. The third-order valence-electron chi connectivity index (χ3n) is 7.32. The van der Waals surface area contributed by atoms with Crippen molar-refractivity contribution >= 4 is 28.8 Å². The Kier molecular flexibility index (Phi) is 9.75. The van der Waals surface area contributed by atoms with Crippen LogP contribution >= 0.6 is 11.8 Å². The second kappa shape index (κ2) is 13.9. The van der Waals surface area contributed by atoms with Crippen molar-refractivity contribution in [2.24, 2.45) is 4.99 Å². The van der Waals surface area contributed by atoms with Gasteiger partial charge in [0, 0.05) is 5.70 Å². The molecule has 2 unspecified atom stereocenters. The van der Waals surface area contributed by atoms with Gasteiger partial charge in [0.2, 0.25) is 5.91 Å². The van der Waals surface area contributed by atoms with E-state index in [0.29, 0.717) is 34.5 Å². The number of thioether (sulfide) groups is 1. The van der Waals surface area contributed by atoms with Crippen LogP contribution < -0.4 is 14.8 Å². The number of ether oxygens (including phenoxy) is 3. The first-order valence-corrected chi connectivity index (χ1v) is 15.5. The van der Waals surface area contributed by atoms with E-state index in [1.807, 2.05) is 117 Å². The van der Waals surface area contributed by atoms with Gasteiger partial charge in [-0.15, -0.1) is 0 Å². The average molecular weight is 612 g/mol. The summed E-state index contributed by atoms with van der Waals surface area (Å²) in [6.07, 6.45) is -0.203. The highest BCUT2D eigenvalue weighted by atomic mass is 32.2. The SMILES string of the molecule is COc1cc(C2C(C(=O)OC(C)C)=C(C)N=C3SC=C(CC(=O)NC(C)c4ccccc4)N32)ccc1OCc1ccccc1. The van der Waals surface area contributed by atoms with E-state index in [4.69, 9.17) is 19.2 Å². The molecule has 5 rings (SSSR count). The zero-order valence-corrected chi connectivity index (χ0v) is 26.4. The van der Waals surface area contributed by atoms with Gasteiger partial charge >= 0.3 is 5.97 Å². The fraction of sp³-hybridized carbons (Fsp3) is 0.286. The Morgan fingerprint density at radius 1 is 0.977 bits per heavy atom. The number of carbonyl (C=O) groups excluding carboxylic acids is 2. The number of allylic oxidation sites excluding steroid dienone is 1. The molecule has 3 aromatic rings. The molecule has 228 valence electrons. The van der Waals surface area contributed by atoms with Gasteiger partial charge in [-0.1, -0.05) is 78.5 Å². The number of methoxy groups -OCH3 is 1. The van der Waals surface area contributed by atoms with Crippen LogP contribution in [0.15, 0.2) is 106 Å². The number of nitrogens with zero attached hydrogens (tertiary/aromatic N) is 2. The van der Waals surface area contributed by atoms with Gasteiger partial charge in [0.15, 0.2) is 16.7 Å². The van der Waals surface area contributed by atoms with E-state index in [9.17, 15) is 9.59 Å². The van der Waals surface area contributed by atoms with Crippen molar-refractivity contribution in [2.45, 2.75) is 58.9 Å². The van der Waals surface area contributed by atoms with Crippen molar-refractivity contribution in [3.8, 4) is 11.5 Å². The van der Waals surface area contributed by atoms with Crippen molar-refractivity contribution in [3.63, 3.8) is 0 Å². The minimum Gasteiger partial charge on any atom is -0.493 e. The van der Waals surface area contributed by atoms with Crippen LogP contribution in [0.25, 0.3) is 0 Å². The maximum Gasteiger partial charge on any atom is 0.338 e. The molecule has 0 aliphatic carbocycles. The van der Waals surface area contributed by atoms with Crippen LogP contribution in [0.5, 0.6) is 11.5 Å². The van der Waals surface area contributed by atoms with Crippen LogP contribution in [0, 0.1) is 0 Å². The lowest BCUT2D eigenvalue weighted by molar-refractivity contribution is -0.143. The fourth-order valence-corrected chi connectivity index (χ4v) is 6.18. The summed E-state index contributed by atoms with van der Waals surface area (Å²) in [6.45, 7) is 7.79. The summed E-state index contributed by atoms with van der Waals surface area (Å²) in [4.78, 5) is 33.6. The van der Waals surface area contributed by atoms with Crippen LogP contribution in [0.1, 0.15) is 62.9 Å². The van der Waals surface area contributed by atoms with Crippen LogP contribution in [-0.4, -0.2) is 35.2 Å². The molecule has 0 radical (unpaired) electrons. The molecular formula is C35H37N3O5S. The summed E-state index contributed by atoms with van der Waals surface area (Å²) in [5, 5.41) is 5.72. The highest BCUT2D eigenvalue weighted by Gasteiger charge is 2.41. The normalized spacial score (nSPS) is 16.6. The molecular weight excluding hydrogens is 574 g/mol. The Bertz CT molecular complexity index is 1600. The molecule has 0 fully saturated rings. The molecule has 2 aliphatic rings. The number of carbonyl (C=O) groups is 2. The molecule has 2 heterocycles. The van der Waals surface area contributed by atoms with Crippen molar-refractivity contribution in [1.82, 2.24) is 10.2 Å². The minimum absolute atomic E-state index is 0.112. The number of aliphatic imine (C=N–C) groups is 1. The lowest BCUT2D eigenvalue weighted by Gasteiger charge is -2.36. The monoisotopic (exact) mass is 611 g/mol. The Labute approximate surface area is 262 Å². The number of benzene rings is 3. The molecule has 1 amide bonds. The predicted octanol–water partition coefficient (Wildman–Crippen LogP) is 7.07. The van der Waals surface area contributed by atoms with E-state index < -0.39 is 12.0 Å². The topological polar surface area (TPSA) is 89.5 Å². The van der Waals surface area contributed by atoms with Crippen LogP contribution in [0.2, 0.25) is 0 Å². The van der Waals surface area contributed by atoms with E-state index in [0.717, 1.165) is 22.4 Å². The summed E-state index contributed by atoms with van der Waals surface area (Å²) in [6, 6.07) is 24.6. The van der Waals surface area contributed by atoms with Gasteiger partial charge in [0.1, 0.15) is 6.61 Å². The first kappa shape index (κ1) is 30.9. The van der Waals surface area contributed by atoms with Crippen molar-refractivity contribution in [3.05, 3.63) is 118 Å². The number of esters is 1. The Morgan fingerprint density at radius 2 is 1.68 bits per heavy atom. The van der Waals surface area contributed by atoms with Gasteiger partial charge in [-0.05, 0) is 61.9 Å². The third-order valence-corrected chi connectivity index (χ3v) is 8.21. The van der Waals surface area contributed by atoms with E-state index in [1.54, 1.807) is 7.11 Å². The number of hydrogen-bond donors (Lipinski definition) is 1. The van der Waals surface area contributed by atoms with E-state index in [1.165, 1.54) is 11.8 Å². The number of amidine groups is 1. The zero-order chi connectivity index (χ0) is 31.2. The summed E-state index contributed by atoms with van der Waals surface area (Å²) >= 11 is 1.43. The van der Waals surface area contributed by atoms with Gasteiger partial charge in [-0.25, -0.2) is 9.79 Å². The highest BCUT2D eigenvalue weighted by Crippen LogP contribution is 2.46. The molecule has 0 bridgehead atoms. The smallest absolute Gasteiger partial charge is 0.338 e. The quantitative estimate of drug-likeness (QED) is 0.232. The number of amides is 1. The lowest BCUT2D eigenvalue weighted by Crippen LogP contribution is -2.38. The molecule has 0 spiro atoms. The largest absolute Gasteiger partial charge is 0.493 e.